The second kappa shape index (κ2) is 5.24. The van der Waals surface area contributed by atoms with Crippen LogP contribution in [0.4, 0.5) is 0 Å². The Morgan fingerprint density at radius 3 is 2.80 bits per heavy atom. The van der Waals surface area contributed by atoms with Gasteiger partial charge in [0.05, 0.1) is 6.61 Å². The predicted molar refractivity (Wildman–Crippen MR) is 59.6 cm³/mol. The molecular weight excluding hydrogens is 188 g/mol. The second-order valence-corrected chi connectivity index (χ2v) is 4.06. The van der Waals surface area contributed by atoms with E-state index in [1.807, 2.05) is 18.3 Å². The molecule has 2 rings (SSSR count). The minimum Gasteiger partial charge on any atom is -0.395 e. The van der Waals surface area contributed by atoms with E-state index in [2.05, 4.69) is 16.0 Å². The first-order chi connectivity index (χ1) is 7.40. The summed E-state index contributed by atoms with van der Waals surface area (Å²) in [5.74, 6) is 0. The second-order valence-electron chi connectivity index (χ2n) is 4.06. The number of rotatable bonds is 6. The fourth-order valence-corrected chi connectivity index (χ4v) is 1.85. The van der Waals surface area contributed by atoms with Crippen LogP contribution in [0.5, 0.6) is 0 Å². The molecule has 1 aliphatic rings. The normalized spacial score (nSPS) is 15.9. The highest BCUT2D eigenvalue weighted by Gasteiger charge is 2.27. The zero-order valence-corrected chi connectivity index (χ0v) is 8.97. The van der Waals surface area contributed by atoms with Gasteiger partial charge in [0.25, 0.3) is 0 Å². The molecule has 0 unspecified atom stereocenters. The molecule has 0 spiro atoms. The van der Waals surface area contributed by atoms with Gasteiger partial charge in [-0.15, -0.1) is 0 Å². The Hall–Kier alpha value is -0.930. The summed E-state index contributed by atoms with van der Waals surface area (Å²) in [6.45, 7) is 2.08. The molecule has 0 radical (unpaired) electrons. The van der Waals surface area contributed by atoms with Crippen LogP contribution in [0, 0.1) is 0 Å². The van der Waals surface area contributed by atoms with E-state index in [-0.39, 0.29) is 6.61 Å². The first-order valence-electron chi connectivity index (χ1n) is 5.65. The topological polar surface area (TPSA) is 36.4 Å². The molecule has 1 aromatic heterocycles. The average molecular weight is 206 g/mol. The molecule has 3 nitrogen and oxygen atoms in total. The van der Waals surface area contributed by atoms with Crippen molar-refractivity contribution >= 4 is 0 Å². The molecule has 1 aliphatic carbocycles. The molecule has 3 heteroatoms. The van der Waals surface area contributed by atoms with Crippen molar-refractivity contribution in [2.45, 2.75) is 25.3 Å². The summed E-state index contributed by atoms with van der Waals surface area (Å²) in [6.07, 6.45) is 5.41. The fourth-order valence-electron chi connectivity index (χ4n) is 1.85. The van der Waals surface area contributed by atoms with Crippen LogP contribution in [0.15, 0.2) is 24.4 Å². The summed E-state index contributed by atoms with van der Waals surface area (Å²) < 4.78 is 0. The Labute approximate surface area is 90.8 Å². The van der Waals surface area contributed by atoms with Crippen molar-refractivity contribution < 1.29 is 5.11 Å². The molecule has 15 heavy (non-hydrogen) atoms. The first kappa shape index (κ1) is 10.6. The van der Waals surface area contributed by atoms with E-state index in [1.165, 1.54) is 12.8 Å². The maximum atomic E-state index is 8.95. The zero-order chi connectivity index (χ0) is 10.5. The van der Waals surface area contributed by atoms with Gasteiger partial charge in [-0.1, -0.05) is 6.07 Å². The SMILES string of the molecule is OCCN(CCc1ccccn1)C1CC1. The highest BCUT2D eigenvalue weighted by atomic mass is 16.3. The molecule has 0 amide bonds. The summed E-state index contributed by atoms with van der Waals surface area (Å²) in [7, 11) is 0. The van der Waals surface area contributed by atoms with E-state index in [1.54, 1.807) is 0 Å². The van der Waals surface area contributed by atoms with Crippen molar-refractivity contribution in [3.63, 3.8) is 0 Å². The molecule has 82 valence electrons. The van der Waals surface area contributed by atoms with Gasteiger partial charge >= 0.3 is 0 Å². The summed E-state index contributed by atoms with van der Waals surface area (Å²) in [5.41, 5.74) is 1.14. The van der Waals surface area contributed by atoms with Crippen molar-refractivity contribution in [3.8, 4) is 0 Å². The number of hydrogen-bond donors (Lipinski definition) is 1. The van der Waals surface area contributed by atoms with Gasteiger partial charge in [-0.3, -0.25) is 9.88 Å². The van der Waals surface area contributed by atoms with Crippen LogP contribution in [-0.2, 0) is 6.42 Å². The number of hydrogen-bond acceptors (Lipinski definition) is 3. The third-order valence-corrected chi connectivity index (χ3v) is 2.83. The highest BCUT2D eigenvalue weighted by Crippen LogP contribution is 2.26. The number of aliphatic hydroxyl groups is 1. The molecule has 1 N–H and O–H groups in total. The standard InChI is InChI=1S/C12H18N2O/c15-10-9-14(12-4-5-12)8-6-11-3-1-2-7-13-11/h1-3,7,12,15H,4-6,8-10H2. The van der Waals surface area contributed by atoms with E-state index >= 15 is 0 Å². The monoisotopic (exact) mass is 206 g/mol. The minimum atomic E-state index is 0.263. The number of pyridine rings is 1. The summed E-state index contributed by atoms with van der Waals surface area (Å²) in [6, 6.07) is 6.75. The van der Waals surface area contributed by atoms with Crippen molar-refractivity contribution in [1.29, 1.82) is 0 Å². The van der Waals surface area contributed by atoms with Crippen molar-refractivity contribution in [2.24, 2.45) is 0 Å². The van der Waals surface area contributed by atoms with Gasteiger partial charge in [0, 0.05) is 37.4 Å². The minimum absolute atomic E-state index is 0.263. The van der Waals surface area contributed by atoms with Crippen molar-refractivity contribution in [1.82, 2.24) is 9.88 Å². The number of aromatic nitrogens is 1. The lowest BCUT2D eigenvalue weighted by Gasteiger charge is -2.20. The molecule has 0 aromatic carbocycles. The molecule has 1 saturated carbocycles. The van der Waals surface area contributed by atoms with Crippen LogP contribution in [0.3, 0.4) is 0 Å². The molecule has 1 heterocycles. The average Bonchev–Trinajstić information content (AvgIpc) is 3.09. The van der Waals surface area contributed by atoms with Gasteiger partial charge in [-0.2, -0.15) is 0 Å². The lowest BCUT2D eigenvalue weighted by molar-refractivity contribution is 0.190. The number of nitrogens with zero attached hydrogens (tertiary/aromatic N) is 2. The Bertz CT molecular complexity index is 285. The van der Waals surface area contributed by atoms with E-state index in [4.69, 9.17) is 5.11 Å². The van der Waals surface area contributed by atoms with E-state index in [0.29, 0.717) is 0 Å². The summed E-state index contributed by atoms with van der Waals surface area (Å²) >= 11 is 0. The van der Waals surface area contributed by atoms with Crippen LogP contribution in [0.1, 0.15) is 18.5 Å². The smallest absolute Gasteiger partial charge is 0.0558 e. The van der Waals surface area contributed by atoms with Gasteiger partial charge < -0.3 is 5.11 Å². The Morgan fingerprint density at radius 1 is 1.33 bits per heavy atom. The molecule has 1 fully saturated rings. The molecule has 0 aliphatic heterocycles. The largest absolute Gasteiger partial charge is 0.395 e. The fraction of sp³-hybridized carbons (Fsp3) is 0.583. The molecule has 1 aromatic rings. The maximum Gasteiger partial charge on any atom is 0.0558 e. The molecule has 0 atom stereocenters. The molecular formula is C12H18N2O. The van der Waals surface area contributed by atoms with E-state index in [9.17, 15) is 0 Å². The van der Waals surface area contributed by atoms with Crippen molar-refractivity contribution in [2.75, 3.05) is 19.7 Å². The highest BCUT2D eigenvalue weighted by molar-refractivity contribution is 5.04. The van der Waals surface area contributed by atoms with Gasteiger partial charge in [0.15, 0.2) is 0 Å². The van der Waals surface area contributed by atoms with Gasteiger partial charge in [-0.05, 0) is 25.0 Å². The third-order valence-electron chi connectivity index (χ3n) is 2.83. The van der Waals surface area contributed by atoms with Crippen molar-refractivity contribution in [3.05, 3.63) is 30.1 Å². The van der Waals surface area contributed by atoms with E-state index < -0.39 is 0 Å². The Balaban J connectivity index is 1.80. The van der Waals surface area contributed by atoms with Gasteiger partial charge in [0.2, 0.25) is 0 Å². The van der Waals surface area contributed by atoms with Gasteiger partial charge in [-0.25, -0.2) is 0 Å². The molecule has 0 saturated heterocycles. The van der Waals surface area contributed by atoms with Crippen LogP contribution >= 0.6 is 0 Å². The third kappa shape index (κ3) is 3.29. The van der Waals surface area contributed by atoms with Gasteiger partial charge in [0.1, 0.15) is 0 Å². The Morgan fingerprint density at radius 2 is 2.20 bits per heavy atom. The van der Waals surface area contributed by atoms with Crippen LogP contribution in [-0.4, -0.2) is 40.7 Å². The quantitative estimate of drug-likeness (QED) is 0.756. The first-order valence-corrected chi connectivity index (χ1v) is 5.65. The predicted octanol–water partition coefficient (Wildman–Crippen LogP) is 1.08. The lowest BCUT2D eigenvalue weighted by atomic mass is 10.2. The Kier molecular flexibility index (Phi) is 3.69. The van der Waals surface area contributed by atoms with Crippen LogP contribution in [0.2, 0.25) is 0 Å². The van der Waals surface area contributed by atoms with Crippen LogP contribution < -0.4 is 0 Å². The van der Waals surface area contributed by atoms with E-state index in [0.717, 1.165) is 31.2 Å². The lowest BCUT2D eigenvalue weighted by Crippen LogP contribution is -2.31. The van der Waals surface area contributed by atoms with Crippen LogP contribution in [0.25, 0.3) is 0 Å². The summed E-state index contributed by atoms with van der Waals surface area (Å²) in [4.78, 5) is 6.67. The molecule has 0 bridgehead atoms. The number of aliphatic hydroxyl groups excluding tert-OH is 1. The zero-order valence-electron chi connectivity index (χ0n) is 8.97. The summed E-state index contributed by atoms with van der Waals surface area (Å²) in [5, 5.41) is 8.95. The maximum absolute atomic E-state index is 8.95.